The van der Waals surface area contributed by atoms with Gasteiger partial charge in [0.2, 0.25) is 0 Å². The van der Waals surface area contributed by atoms with E-state index in [9.17, 15) is 4.39 Å². The third kappa shape index (κ3) is 2.16. The molecule has 0 saturated carbocycles. The van der Waals surface area contributed by atoms with E-state index in [0.29, 0.717) is 22.8 Å². The first-order valence-corrected chi connectivity index (χ1v) is 9.29. The molecule has 0 aliphatic carbocycles. The highest BCUT2D eigenvalue weighted by molar-refractivity contribution is 9.10. The van der Waals surface area contributed by atoms with Gasteiger partial charge in [0.15, 0.2) is 0 Å². The van der Waals surface area contributed by atoms with Crippen LogP contribution in [0.15, 0.2) is 40.9 Å². The van der Waals surface area contributed by atoms with E-state index in [0.717, 1.165) is 35.1 Å². The molecule has 0 bridgehead atoms. The van der Waals surface area contributed by atoms with Crippen LogP contribution < -0.4 is 4.90 Å². The predicted molar refractivity (Wildman–Crippen MR) is 102 cm³/mol. The second-order valence-corrected chi connectivity index (χ2v) is 7.30. The van der Waals surface area contributed by atoms with E-state index in [-0.39, 0.29) is 5.82 Å². The largest absolute Gasteiger partial charge is 0.325 e. The van der Waals surface area contributed by atoms with Crippen molar-refractivity contribution in [2.75, 3.05) is 11.4 Å². The van der Waals surface area contributed by atoms with Gasteiger partial charge in [-0.05, 0) is 49.6 Å². The van der Waals surface area contributed by atoms with Crippen LogP contribution in [0.4, 0.5) is 15.9 Å². The van der Waals surface area contributed by atoms with Gasteiger partial charge in [0, 0.05) is 16.7 Å². The Morgan fingerprint density at radius 3 is 2.85 bits per heavy atom. The Morgan fingerprint density at radius 2 is 1.96 bits per heavy atom. The topological polar surface area (TPSA) is 46.3 Å². The summed E-state index contributed by atoms with van der Waals surface area (Å²) in [4.78, 5) is 6.79. The smallest absolute Gasteiger partial charge is 0.257 e. The molecule has 0 amide bonds. The van der Waals surface area contributed by atoms with Gasteiger partial charge < -0.3 is 4.90 Å². The zero-order chi connectivity index (χ0) is 17.8. The summed E-state index contributed by atoms with van der Waals surface area (Å²) in [6, 6.07) is 11.2. The number of benzene rings is 2. The number of aromatic nitrogens is 4. The third-order valence-electron chi connectivity index (χ3n) is 4.92. The number of aryl methyl sites for hydroxylation is 1. The highest BCUT2D eigenvalue weighted by atomic mass is 79.9. The number of hydrogen-bond donors (Lipinski definition) is 0. The molecule has 0 N–H and O–H groups in total. The van der Waals surface area contributed by atoms with Crippen molar-refractivity contribution in [3.05, 3.63) is 58.1 Å². The summed E-state index contributed by atoms with van der Waals surface area (Å²) in [7, 11) is 0. The fourth-order valence-corrected chi connectivity index (χ4v) is 4.33. The van der Waals surface area contributed by atoms with Crippen LogP contribution in [0.5, 0.6) is 0 Å². The summed E-state index contributed by atoms with van der Waals surface area (Å²) in [6.07, 6.45) is 1.96. The maximum absolute atomic E-state index is 14.9. The number of hydrogen-bond acceptors (Lipinski definition) is 4. The lowest BCUT2D eigenvalue weighted by molar-refractivity contribution is 0.638. The SMILES string of the molecule is Cc1nnc2nc(N3CCCc4c(Br)cccc43)c3c(F)cccc3n12. The Bertz CT molecular complexity index is 1170. The van der Waals surface area contributed by atoms with Crippen LogP contribution in [0.3, 0.4) is 0 Å². The van der Waals surface area contributed by atoms with Crippen LogP contribution in [0.1, 0.15) is 17.8 Å². The number of anilines is 2. The van der Waals surface area contributed by atoms with Crippen molar-refractivity contribution in [1.29, 1.82) is 0 Å². The first-order chi connectivity index (χ1) is 12.6. The van der Waals surface area contributed by atoms with Gasteiger partial charge in [-0.3, -0.25) is 4.40 Å². The summed E-state index contributed by atoms with van der Waals surface area (Å²) in [5.74, 6) is 1.48. The zero-order valence-corrected chi connectivity index (χ0v) is 15.7. The maximum atomic E-state index is 14.9. The van der Waals surface area contributed by atoms with Crippen molar-refractivity contribution in [2.45, 2.75) is 19.8 Å². The first-order valence-electron chi connectivity index (χ1n) is 8.50. The molecule has 0 saturated heterocycles. The second kappa shape index (κ2) is 5.74. The number of fused-ring (bicyclic) bond motifs is 4. The lowest BCUT2D eigenvalue weighted by Gasteiger charge is -2.31. The van der Waals surface area contributed by atoms with Gasteiger partial charge in [0.05, 0.1) is 10.9 Å². The molecule has 130 valence electrons. The first kappa shape index (κ1) is 15.7. The molecule has 1 aliphatic rings. The Morgan fingerprint density at radius 1 is 1.12 bits per heavy atom. The van der Waals surface area contributed by atoms with Gasteiger partial charge in [0.1, 0.15) is 17.5 Å². The molecule has 26 heavy (non-hydrogen) atoms. The van der Waals surface area contributed by atoms with E-state index in [1.807, 2.05) is 25.1 Å². The quantitative estimate of drug-likeness (QED) is 0.460. The molecule has 0 radical (unpaired) electrons. The minimum absolute atomic E-state index is 0.290. The lowest BCUT2D eigenvalue weighted by atomic mass is 10.0. The number of nitrogens with zero attached hydrogens (tertiary/aromatic N) is 5. The van der Waals surface area contributed by atoms with Crippen molar-refractivity contribution < 1.29 is 4.39 Å². The second-order valence-electron chi connectivity index (χ2n) is 6.44. The van der Waals surface area contributed by atoms with Gasteiger partial charge in [-0.15, -0.1) is 10.2 Å². The fourth-order valence-electron chi connectivity index (χ4n) is 3.77. The molecule has 0 fully saturated rings. The third-order valence-corrected chi connectivity index (χ3v) is 5.66. The van der Waals surface area contributed by atoms with Crippen LogP contribution in [0.25, 0.3) is 16.7 Å². The normalized spacial score (nSPS) is 14.2. The Balaban J connectivity index is 1.87. The molecular weight excluding hydrogens is 397 g/mol. The Labute approximate surface area is 157 Å². The Kier molecular flexibility index (Phi) is 3.46. The van der Waals surface area contributed by atoms with E-state index < -0.39 is 0 Å². The molecule has 3 heterocycles. The Hall–Kier alpha value is -2.54. The molecule has 0 atom stereocenters. The van der Waals surface area contributed by atoms with Crippen LogP contribution >= 0.6 is 15.9 Å². The van der Waals surface area contributed by atoms with E-state index in [4.69, 9.17) is 4.98 Å². The summed E-state index contributed by atoms with van der Waals surface area (Å²) < 4.78 is 17.8. The average Bonchev–Trinajstić information content (AvgIpc) is 3.02. The van der Waals surface area contributed by atoms with Crippen molar-refractivity contribution in [3.63, 3.8) is 0 Å². The van der Waals surface area contributed by atoms with Crippen LogP contribution in [0, 0.1) is 12.7 Å². The molecule has 1 aliphatic heterocycles. The van der Waals surface area contributed by atoms with Crippen LogP contribution in [0.2, 0.25) is 0 Å². The molecular formula is C19H15BrFN5. The van der Waals surface area contributed by atoms with Gasteiger partial charge in [0.25, 0.3) is 5.78 Å². The predicted octanol–water partition coefficient (Wildman–Crippen LogP) is 4.57. The van der Waals surface area contributed by atoms with Crippen molar-refractivity contribution in [1.82, 2.24) is 19.6 Å². The zero-order valence-electron chi connectivity index (χ0n) is 14.1. The maximum Gasteiger partial charge on any atom is 0.257 e. The molecule has 7 heteroatoms. The standard InChI is InChI=1S/C19H15BrFN5/c1-11-23-24-19-22-18(17-14(21)7-3-9-16(17)26(11)19)25-10-4-5-12-13(20)6-2-8-15(12)25/h2-3,6-9H,4-5,10H2,1H3. The molecule has 0 unspecified atom stereocenters. The van der Waals surface area contributed by atoms with Crippen LogP contribution in [-0.4, -0.2) is 26.1 Å². The molecule has 2 aromatic heterocycles. The van der Waals surface area contributed by atoms with Gasteiger partial charge in [-0.2, -0.15) is 4.98 Å². The van der Waals surface area contributed by atoms with Gasteiger partial charge in [-0.1, -0.05) is 28.1 Å². The number of rotatable bonds is 1. The molecule has 5 rings (SSSR count). The molecule has 5 nitrogen and oxygen atoms in total. The lowest BCUT2D eigenvalue weighted by Crippen LogP contribution is -2.26. The van der Waals surface area contributed by atoms with E-state index >= 15 is 0 Å². The minimum Gasteiger partial charge on any atom is -0.325 e. The summed E-state index contributed by atoms with van der Waals surface area (Å²) in [5, 5.41) is 8.79. The summed E-state index contributed by atoms with van der Waals surface area (Å²) in [5.41, 5.74) is 3.01. The molecule has 2 aromatic carbocycles. The van der Waals surface area contributed by atoms with Crippen molar-refractivity contribution in [2.24, 2.45) is 0 Å². The van der Waals surface area contributed by atoms with Crippen molar-refractivity contribution in [3.8, 4) is 0 Å². The van der Waals surface area contributed by atoms with E-state index in [2.05, 4.69) is 37.1 Å². The van der Waals surface area contributed by atoms with E-state index in [1.54, 1.807) is 10.5 Å². The highest BCUT2D eigenvalue weighted by Crippen LogP contribution is 2.39. The average molecular weight is 412 g/mol. The van der Waals surface area contributed by atoms with Gasteiger partial charge >= 0.3 is 0 Å². The van der Waals surface area contributed by atoms with Crippen LogP contribution in [-0.2, 0) is 6.42 Å². The highest BCUT2D eigenvalue weighted by Gasteiger charge is 2.25. The number of halogens is 2. The fraction of sp³-hybridized carbons (Fsp3) is 0.211. The summed E-state index contributed by atoms with van der Waals surface area (Å²) >= 11 is 3.64. The minimum atomic E-state index is -0.290. The van der Waals surface area contributed by atoms with Gasteiger partial charge in [-0.25, -0.2) is 4.39 Å². The summed E-state index contributed by atoms with van der Waals surface area (Å²) in [6.45, 7) is 2.63. The monoisotopic (exact) mass is 411 g/mol. The van der Waals surface area contributed by atoms with E-state index in [1.165, 1.54) is 11.6 Å². The molecule has 0 spiro atoms. The molecule has 4 aromatic rings. The van der Waals surface area contributed by atoms with Crippen molar-refractivity contribution >= 4 is 44.1 Å².